The summed E-state index contributed by atoms with van der Waals surface area (Å²) in [6.45, 7) is 6.38. The summed E-state index contributed by atoms with van der Waals surface area (Å²) in [4.78, 5) is 17.3. The van der Waals surface area contributed by atoms with Crippen LogP contribution in [0.3, 0.4) is 0 Å². The smallest absolute Gasteiger partial charge is 0.250 e. The van der Waals surface area contributed by atoms with Gasteiger partial charge >= 0.3 is 0 Å². The summed E-state index contributed by atoms with van der Waals surface area (Å²) in [5.74, 6) is 1.11. The van der Waals surface area contributed by atoms with Gasteiger partial charge in [0.1, 0.15) is 0 Å². The fourth-order valence-corrected chi connectivity index (χ4v) is 2.73. The summed E-state index contributed by atoms with van der Waals surface area (Å²) in [5, 5.41) is 3.37. The number of ether oxygens (including phenoxy) is 2. The standard InChI is InChI=1S/C17H20N2O3S/c1-5-22-14-8-6-13(10-15(14)21-4)7-9-16(20)19-17-18-11(2)12(3)23-17/h6-10H,5H2,1-4H3,(H,18,19,20). The van der Waals surface area contributed by atoms with E-state index in [0.29, 0.717) is 23.2 Å². The number of amides is 1. The summed E-state index contributed by atoms with van der Waals surface area (Å²) in [7, 11) is 1.59. The highest BCUT2D eigenvalue weighted by atomic mass is 32.1. The topological polar surface area (TPSA) is 60.5 Å². The Hall–Kier alpha value is -2.34. The van der Waals surface area contributed by atoms with Gasteiger partial charge in [-0.1, -0.05) is 6.07 Å². The Morgan fingerprint density at radius 2 is 2.13 bits per heavy atom. The van der Waals surface area contributed by atoms with Gasteiger partial charge in [0.2, 0.25) is 5.91 Å². The molecule has 0 fully saturated rings. The first-order valence-electron chi connectivity index (χ1n) is 7.27. The fraction of sp³-hybridized carbons (Fsp3) is 0.294. The predicted molar refractivity (Wildman–Crippen MR) is 93.4 cm³/mol. The summed E-state index contributed by atoms with van der Waals surface area (Å²) in [6, 6.07) is 5.52. The number of anilines is 1. The first kappa shape index (κ1) is 17.0. The van der Waals surface area contributed by atoms with E-state index >= 15 is 0 Å². The maximum atomic E-state index is 11.9. The zero-order valence-electron chi connectivity index (χ0n) is 13.7. The van der Waals surface area contributed by atoms with Crippen LogP contribution in [-0.2, 0) is 4.79 Å². The number of hydrogen-bond acceptors (Lipinski definition) is 5. The second-order valence-corrected chi connectivity index (χ2v) is 6.03. The van der Waals surface area contributed by atoms with Crippen LogP contribution in [-0.4, -0.2) is 24.6 Å². The van der Waals surface area contributed by atoms with Crippen LogP contribution >= 0.6 is 11.3 Å². The molecule has 0 saturated heterocycles. The number of thiazole rings is 1. The molecule has 0 bridgehead atoms. The Kier molecular flexibility index (Phi) is 5.76. The SMILES string of the molecule is CCOc1ccc(C=CC(=O)Nc2nc(C)c(C)s2)cc1OC. The molecule has 1 aromatic heterocycles. The number of rotatable bonds is 6. The van der Waals surface area contributed by atoms with Crippen molar-refractivity contribution >= 4 is 28.5 Å². The van der Waals surface area contributed by atoms with E-state index in [4.69, 9.17) is 9.47 Å². The Balaban J connectivity index is 2.05. The zero-order chi connectivity index (χ0) is 16.8. The van der Waals surface area contributed by atoms with Gasteiger partial charge in [0, 0.05) is 11.0 Å². The third kappa shape index (κ3) is 4.56. The van der Waals surface area contributed by atoms with Crippen LogP contribution in [0.25, 0.3) is 6.08 Å². The Morgan fingerprint density at radius 3 is 2.74 bits per heavy atom. The number of hydrogen-bond donors (Lipinski definition) is 1. The van der Waals surface area contributed by atoms with E-state index in [1.807, 2.05) is 39.0 Å². The van der Waals surface area contributed by atoms with Crippen molar-refractivity contribution in [1.29, 1.82) is 0 Å². The molecule has 0 radical (unpaired) electrons. The molecule has 2 rings (SSSR count). The predicted octanol–water partition coefficient (Wildman–Crippen LogP) is 3.82. The van der Waals surface area contributed by atoms with Crippen LogP contribution in [0.15, 0.2) is 24.3 Å². The number of nitrogens with zero attached hydrogens (tertiary/aromatic N) is 1. The largest absolute Gasteiger partial charge is 0.493 e. The second-order valence-electron chi connectivity index (χ2n) is 4.83. The lowest BCUT2D eigenvalue weighted by atomic mass is 10.2. The van der Waals surface area contributed by atoms with E-state index in [0.717, 1.165) is 16.1 Å². The third-order valence-corrected chi connectivity index (χ3v) is 4.16. The van der Waals surface area contributed by atoms with E-state index < -0.39 is 0 Å². The number of aromatic nitrogens is 1. The highest BCUT2D eigenvalue weighted by molar-refractivity contribution is 7.15. The molecule has 0 spiro atoms. The van der Waals surface area contributed by atoms with Gasteiger partial charge in [-0.15, -0.1) is 11.3 Å². The molecule has 1 N–H and O–H groups in total. The molecule has 5 nitrogen and oxygen atoms in total. The third-order valence-electron chi connectivity index (χ3n) is 3.17. The molecule has 1 aromatic carbocycles. The number of carbonyl (C=O) groups excluding carboxylic acids is 1. The van der Waals surface area contributed by atoms with Crippen molar-refractivity contribution in [2.24, 2.45) is 0 Å². The molecular weight excluding hydrogens is 312 g/mol. The van der Waals surface area contributed by atoms with Crippen LogP contribution in [0.5, 0.6) is 11.5 Å². The van der Waals surface area contributed by atoms with Crippen molar-refractivity contribution in [2.45, 2.75) is 20.8 Å². The van der Waals surface area contributed by atoms with Crippen molar-refractivity contribution in [3.8, 4) is 11.5 Å². The summed E-state index contributed by atoms with van der Waals surface area (Å²) < 4.78 is 10.8. The van der Waals surface area contributed by atoms with E-state index in [1.54, 1.807) is 13.2 Å². The Labute approximate surface area is 140 Å². The van der Waals surface area contributed by atoms with Gasteiger partial charge in [0.25, 0.3) is 0 Å². The summed E-state index contributed by atoms with van der Waals surface area (Å²) >= 11 is 1.46. The van der Waals surface area contributed by atoms with Crippen molar-refractivity contribution in [2.75, 3.05) is 19.0 Å². The highest BCUT2D eigenvalue weighted by Gasteiger charge is 2.06. The van der Waals surface area contributed by atoms with Crippen molar-refractivity contribution < 1.29 is 14.3 Å². The lowest BCUT2D eigenvalue weighted by Crippen LogP contribution is -2.07. The number of nitrogens with one attached hydrogen (secondary N) is 1. The lowest BCUT2D eigenvalue weighted by Gasteiger charge is -2.09. The number of aryl methyl sites for hydroxylation is 2. The molecule has 0 aliphatic carbocycles. The molecule has 0 saturated carbocycles. The average molecular weight is 332 g/mol. The van der Waals surface area contributed by atoms with Crippen LogP contribution in [0.4, 0.5) is 5.13 Å². The molecule has 6 heteroatoms. The highest BCUT2D eigenvalue weighted by Crippen LogP contribution is 2.28. The minimum absolute atomic E-state index is 0.216. The zero-order valence-corrected chi connectivity index (χ0v) is 14.5. The van der Waals surface area contributed by atoms with Crippen molar-refractivity contribution in [1.82, 2.24) is 4.98 Å². The molecule has 0 aliphatic rings. The first-order chi connectivity index (χ1) is 11.0. The van der Waals surface area contributed by atoms with E-state index in [1.165, 1.54) is 17.4 Å². The molecule has 0 aliphatic heterocycles. The minimum Gasteiger partial charge on any atom is -0.493 e. The van der Waals surface area contributed by atoms with Gasteiger partial charge in [-0.25, -0.2) is 4.98 Å². The average Bonchev–Trinajstić information content (AvgIpc) is 2.84. The van der Waals surface area contributed by atoms with Gasteiger partial charge in [0.15, 0.2) is 16.6 Å². The van der Waals surface area contributed by atoms with Gasteiger partial charge < -0.3 is 9.47 Å². The van der Waals surface area contributed by atoms with Crippen LogP contribution < -0.4 is 14.8 Å². The molecule has 0 atom stereocenters. The summed E-state index contributed by atoms with van der Waals surface area (Å²) in [6.07, 6.45) is 3.20. The Bertz CT molecular complexity index is 703. The lowest BCUT2D eigenvalue weighted by molar-refractivity contribution is -0.111. The van der Waals surface area contributed by atoms with E-state index in [-0.39, 0.29) is 5.91 Å². The minimum atomic E-state index is -0.216. The van der Waals surface area contributed by atoms with Gasteiger partial charge in [0.05, 0.1) is 19.4 Å². The second kappa shape index (κ2) is 7.78. The fourth-order valence-electron chi connectivity index (χ4n) is 1.91. The molecule has 122 valence electrons. The molecular formula is C17H20N2O3S. The van der Waals surface area contributed by atoms with Crippen LogP contribution in [0, 0.1) is 13.8 Å². The summed E-state index contributed by atoms with van der Waals surface area (Å²) in [5.41, 5.74) is 1.79. The van der Waals surface area contributed by atoms with Crippen LogP contribution in [0.2, 0.25) is 0 Å². The monoisotopic (exact) mass is 332 g/mol. The molecule has 1 amide bonds. The van der Waals surface area contributed by atoms with Crippen LogP contribution in [0.1, 0.15) is 23.1 Å². The van der Waals surface area contributed by atoms with Crippen molar-refractivity contribution in [3.05, 3.63) is 40.4 Å². The molecule has 1 heterocycles. The maximum absolute atomic E-state index is 11.9. The Morgan fingerprint density at radius 1 is 1.35 bits per heavy atom. The van der Waals surface area contributed by atoms with E-state index in [9.17, 15) is 4.79 Å². The quantitative estimate of drug-likeness (QED) is 0.817. The molecule has 2 aromatic rings. The van der Waals surface area contributed by atoms with Gasteiger partial charge in [-0.05, 0) is 44.5 Å². The molecule has 23 heavy (non-hydrogen) atoms. The van der Waals surface area contributed by atoms with Crippen molar-refractivity contribution in [3.63, 3.8) is 0 Å². The first-order valence-corrected chi connectivity index (χ1v) is 8.09. The molecule has 0 unspecified atom stereocenters. The number of methoxy groups -OCH3 is 1. The van der Waals surface area contributed by atoms with Gasteiger partial charge in [-0.2, -0.15) is 0 Å². The normalized spacial score (nSPS) is 10.8. The number of benzene rings is 1. The van der Waals surface area contributed by atoms with E-state index in [2.05, 4.69) is 10.3 Å². The number of carbonyl (C=O) groups is 1. The van der Waals surface area contributed by atoms with Gasteiger partial charge in [-0.3, -0.25) is 10.1 Å². The maximum Gasteiger partial charge on any atom is 0.250 e.